The molecule has 0 aliphatic carbocycles. The lowest BCUT2D eigenvalue weighted by molar-refractivity contribution is -0.200. The molecule has 1 saturated heterocycles. The molecule has 1 aromatic rings. The van der Waals surface area contributed by atoms with Crippen LogP contribution >= 0.6 is 15.9 Å². The molecule has 29 heavy (non-hydrogen) atoms. The molecule has 5 nitrogen and oxygen atoms in total. The number of nitrogens with zero attached hydrogens (tertiary/aromatic N) is 1. The van der Waals surface area contributed by atoms with Gasteiger partial charge in [-0.3, -0.25) is 9.59 Å². The van der Waals surface area contributed by atoms with Gasteiger partial charge in [0.05, 0.1) is 12.1 Å². The van der Waals surface area contributed by atoms with Crippen LogP contribution in [0.25, 0.3) is 0 Å². The van der Waals surface area contributed by atoms with Crippen molar-refractivity contribution >= 4 is 27.6 Å². The second-order valence-electron chi connectivity index (χ2n) is 7.70. The van der Waals surface area contributed by atoms with Gasteiger partial charge in [-0.1, -0.05) is 28.1 Å². The van der Waals surface area contributed by atoms with Crippen molar-refractivity contribution in [3.8, 4) is 0 Å². The zero-order chi connectivity index (χ0) is 22.1. The molecular weight excluding hydrogens is 460 g/mol. The Hall–Kier alpha value is -1.52. The standard InChI is InChI=1S/C19H23BrF4N2O3/c1-10-15(14(27)9-29-10)26(17(28)13(25)8-18(2,3)21)16(19(22,23)24)11-4-6-12(20)7-5-11/h4-7,10,13,15-16H,8-9,25H2,1-3H3/t10-,13+,15+,16+/m1/s1. The lowest BCUT2D eigenvalue weighted by Crippen LogP contribution is -2.58. The average molecular weight is 483 g/mol. The highest BCUT2D eigenvalue weighted by Gasteiger charge is 2.53. The Bertz CT molecular complexity index is 749. The van der Waals surface area contributed by atoms with E-state index in [-0.39, 0.29) is 5.56 Å². The minimum absolute atomic E-state index is 0.243. The fourth-order valence-corrected chi connectivity index (χ4v) is 3.68. The highest BCUT2D eigenvalue weighted by molar-refractivity contribution is 9.10. The van der Waals surface area contributed by atoms with E-state index in [1.54, 1.807) is 0 Å². The van der Waals surface area contributed by atoms with Gasteiger partial charge in [0.2, 0.25) is 5.91 Å². The lowest BCUT2D eigenvalue weighted by Gasteiger charge is -2.39. The van der Waals surface area contributed by atoms with Crippen molar-refractivity contribution < 1.29 is 31.9 Å². The number of nitrogens with two attached hydrogens (primary N) is 1. The number of Topliss-reactive ketones (excluding diaryl/α,β-unsaturated/α-hetero) is 1. The van der Waals surface area contributed by atoms with Gasteiger partial charge < -0.3 is 15.4 Å². The summed E-state index contributed by atoms with van der Waals surface area (Å²) in [5.41, 5.74) is 3.66. The first kappa shape index (κ1) is 23.8. The van der Waals surface area contributed by atoms with Crippen molar-refractivity contribution in [3.05, 3.63) is 34.3 Å². The highest BCUT2D eigenvalue weighted by Crippen LogP contribution is 2.41. The third-order valence-corrected chi connectivity index (χ3v) is 5.14. The number of halogens is 5. The highest BCUT2D eigenvalue weighted by atomic mass is 79.9. The minimum atomic E-state index is -4.91. The van der Waals surface area contributed by atoms with Gasteiger partial charge in [-0.15, -0.1) is 0 Å². The van der Waals surface area contributed by atoms with Crippen molar-refractivity contribution in [1.29, 1.82) is 0 Å². The summed E-state index contributed by atoms with van der Waals surface area (Å²) < 4.78 is 62.2. The maximum atomic E-state index is 14.2. The molecule has 1 heterocycles. The van der Waals surface area contributed by atoms with Gasteiger partial charge in [0, 0.05) is 10.9 Å². The predicted octanol–water partition coefficient (Wildman–Crippen LogP) is 3.70. The van der Waals surface area contributed by atoms with Crippen LogP contribution in [0.1, 0.15) is 38.8 Å². The Kier molecular flexibility index (Phi) is 7.12. The topological polar surface area (TPSA) is 72.6 Å². The average Bonchev–Trinajstić information content (AvgIpc) is 2.89. The fourth-order valence-electron chi connectivity index (χ4n) is 3.41. The number of carbonyl (C=O) groups is 2. The van der Waals surface area contributed by atoms with E-state index in [1.807, 2.05) is 0 Å². The Labute approximate surface area is 174 Å². The third-order valence-electron chi connectivity index (χ3n) is 4.61. The van der Waals surface area contributed by atoms with E-state index in [2.05, 4.69) is 15.9 Å². The quantitative estimate of drug-likeness (QED) is 0.627. The summed E-state index contributed by atoms with van der Waals surface area (Å²) in [4.78, 5) is 25.8. The summed E-state index contributed by atoms with van der Waals surface area (Å²) in [6.45, 7) is 3.35. The summed E-state index contributed by atoms with van der Waals surface area (Å²) in [7, 11) is 0. The minimum Gasteiger partial charge on any atom is -0.368 e. The van der Waals surface area contributed by atoms with Crippen molar-refractivity contribution in [2.24, 2.45) is 5.73 Å². The Morgan fingerprint density at radius 2 is 1.83 bits per heavy atom. The molecule has 2 rings (SSSR count). The van der Waals surface area contributed by atoms with E-state index in [9.17, 15) is 27.2 Å². The van der Waals surface area contributed by atoms with Crippen LogP contribution in [0.4, 0.5) is 17.6 Å². The molecule has 0 saturated carbocycles. The van der Waals surface area contributed by atoms with Crippen molar-refractivity contribution in [2.45, 2.75) is 63.3 Å². The maximum Gasteiger partial charge on any atom is 0.413 e. The molecule has 1 amide bonds. The Balaban J connectivity index is 2.58. The van der Waals surface area contributed by atoms with Crippen molar-refractivity contribution in [1.82, 2.24) is 4.90 Å². The van der Waals surface area contributed by atoms with E-state index in [4.69, 9.17) is 10.5 Å². The number of ketones is 1. The molecule has 2 N–H and O–H groups in total. The second kappa shape index (κ2) is 8.69. The normalized spacial score (nSPS) is 22.4. The Morgan fingerprint density at radius 1 is 1.28 bits per heavy atom. The number of hydrogen-bond donors (Lipinski definition) is 1. The van der Waals surface area contributed by atoms with E-state index >= 15 is 0 Å². The number of alkyl halides is 4. The SMILES string of the molecule is C[C@H]1OCC(=O)[C@H]1N(C(=O)[C@@H](N)CC(C)(C)F)[C@@H](c1ccc(Br)cc1)C(F)(F)F. The molecule has 1 aromatic carbocycles. The van der Waals surface area contributed by atoms with E-state index in [0.29, 0.717) is 9.37 Å². The van der Waals surface area contributed by atoms with Crippen molar-refractivity contribution in [3.63, 3.8) is 0 Å². The van der Waals surface area contributed by atoms with Crippen LogP contribution in [0, 0.1) is 0 Å². The number of benzene rings is 1. The van der Waals surface area contributed by atoms with Crippen molar-refractivity contribution in [2.75, 3.05) is 6.61 Å². The molecule has 1 aliphatic heterocycles. The molecule has 0 bridgehead atoms. The third kappa shape index (κ3) is 5.76. The lowest BCUT2D eigenvalue weighted by atomic mass is 9.95. The molecule has 1 aliphatic rings. The smallest absolute Gasteiger partial charge is 0.368 e. The first-order chi connectivity index (χ1) is 13.2. The van der Waals surface area contributed by atoms with Gasteiger partial charge in [-0.2, -0.15) is 13.2 Å². The number of carbonyl (C=O) groups excluding carboxylic acids is 2. The molecule has 4 atom stereocenters. The monoisotopic (exact) mass is 482 g/mol. The van der Waals surface area contributed by atoms with Crippen LogP contribution in [0.2, 0.25) is 0 Å². The van der Waals surface area contributed by atoms with Gasteiger partial charge in [0.15, 0.2) is 11.8 Å². The summed E-state index contributed by atoms with van der Waals surface area (Å²) in [6, 6.07) is -0.261. The van der Waals surface area contributed by atoms with E-state index in [1.165, 1.54) is 45.0 Å². The summed E-state index contributed by atoms with van der Waals surface area (Å²) in [6.07, 6.45) is -6.36. The first-order valence-corrected chi connectivity index (χ1v) is 9.75. The largest absolute Gasteiger partial charge is 0.413 e. The van der Waals surface area contributed by atoms with Gasteiger partial charge in [-0.05, 0) is 38.5 Å². The molecule has 0 radical (unpaired) electrons. The van der Waals surface area contributed by atoms with E-state index in [0.717, 1.165) is 0 Å². The molecule has 10 heteroatoms. The number of ether oxygens (including phenoxy) is 1. The number of rotatable bonds is 6. The van der Waals surface area contributed by atoms with E-state index < -0.39 is 60.8 Å². The van der Waals surface area contributed by atoms with Crippen LogP contribution in [-0.2, 0) is 14.3 Å². The molecular formula is C19H23BrF4N2O3. The van der Waals surface area contributed by atoms with Crippen LogP contribution in [0.3, 0.4) is 0 Å². The summed E-state index contributed by atoms with van der Waals surface area (Å²) in [5.74, 6) is -1.82. The van der Waals surface area contributed by atoms with Gasteiger partial charge in [-0.25, -0.2) is 4.39 Å². The summed E-state index contributed by atoms with van der Waals surface area (Å²) >= 11 is 3.16. The number of hydrogen-bond acceptors (Lipinski definition) is 4. The molecule has 0 spiro atoms. The molecule has 0 aromatic heterocycles. The zero-order valence-corrected chi connectivity index (χ0v) is 17.8. The van der Waals surface area contributed by atoms with Crippen LogP contribution in [0.5, 0.6) is 0 Å². The zero-order valence-electron chi connectivity index (χ0n) is 16.2. The fraction of sp³-hybridized carbons (Fsp3) is 0.579. The van der Waals surface area contributed by atoms with Crippen LogP contribution < -0.4 is 5.73 Å². The van der Waals surface area contributed by atoms with Crippen LogP contribution in [0.15, 0.2) is 28.7 Å². The first-order valence-electron chi connectivity index (χ1n) is 8.95. The van der Waals surface area contributed by atoms with Crippen LogP contribution in [-0.4, -0.2) is 53.2 Å². The maximum absolute atomic E-state index is 14.2. The second-order valence-corrected chi connectivity index (χ2v) is 8.61. The molecule has 0 unspecified atom stereocenters. The Morgan fingerprint density at radius 3 is 2.24 bits per heavy atom. The summed E-state index contributed by atoms with van der Waals surface area (Å²) in [5, 5.41) is 0. The number of amides is 1. The molecule has 1 fully saturated rings. The van der Waals surface area contributed by atoms with Gasteiger partial charge >= 0.3 is 6.18 Å². The predicted molar refractivity (Wildman–Crippen MR) is 102 cm³/mol. The van der Waals surface area contributed by atoms with Gasteiger partial charge in [0.25, 0.3) is 0 Å². The molecule has 162 valence electrons. The van der Waals surface area contributed by atoms with Gasteiger partial charge in [0.1, 0.15) is 18.3 Å².